The van der Waals surface area contributed by atoms with Crippen molar-refractivity contribution < 1.29 is 19.7 Å². The van der Waals surface area contributed by atoms with Crippen LogP contribution in [0.4, 0.5) is 0 Å². The van der Waals surface area contributed by atoms with Crippen LogP contribution < -0.4 is 9.47 Å². The van der Waals surface area contributed by atoms with E-state index in [9.17, 15) is 20.7 Å². The fraction of sp³-hybridized carbons (Fsp3) is 0.364. The molecule has 0 spiro atoms. The third kappa shape index (κ3) is 4.25. The van der Waals surface area contributed by atoms with Crippen LogP contribution in [0.2, 0.25) is 0 Å². The minimum absolute atomic E-state index is 0.0314. The van der Waals surface area contributed by atoms with Crippen molar-refractivity contribution in [2.75, 3.05) is 40.4 Å². The molecule has 1 fully saturated rings. The van der Waals surface area contributed by atoms with Gasteiger partial charge in [-0.05, 0) is 35.4 Å². The number of phenols is 2. The van der Waals surface area contributed by atoms with Gasteiger partial charge in [-0.25, -0.2) is 0 Å². The van der Waals surface area contributed by atoms with Gasteiger partial charge < -0.3 is 19.7 Å². The highest BCUT2D eigenvalue weighted by Gasteiger charge is 2.30. The van der Waals surface area contributed by atoms with Crippen LogP contribution in [0.25, 0.3) is 0 Å². The predicted octanol–water partition coefficient (Wildman–Crippen LogP) is 2.56. The summed E-state index contributed by atoms with van der Waals surface area (Å²) in [7, 11) is 2.94. The number of hydrogen-bond acceptors (Lipinski definition) is 8. The van der Waals surface area contributed by atoms with Gasteiger partial charge in [-0.2, -0.15) is 10.5 Å². The molecule has 8 nitrogen and oxygen atoms in total. The standard InChI is InChI=1S/C22H24N4O4/c1-29-21-11-15(3-5-19(21)27)17(13-23)25-7-9-26(10-8-25)18(14-24)16-4-6-20(28)22(12-16)30-2/h3-6,11-12,17-18,27-28H,7-10H2,1-2H3/t17-,18-/m1/s1. The van der Waals surface area contributed by atoms with Crippen LogP contribution in [0.3, 0.4) is 0 Å². The molecule has 0 unspecified atom stereocenters. The molecule has 0 aliphatic carbocycles. The van der Waals surface area contributed by atoms with E-state index in [1.54, 1.807) is 24.3 Å². The first-order valence-electron chi connectivity index (χ1n) is 9.53. The summed E-state index contributed by atoms with van der Waals surface area (Å²) in [5.74, 6) is 0.724. The van der Waals surface area contributed by atoms with Crippen LogP contribution in [0.15, 0.2) is 36.4 Å². The summed E-state index contributed by atoms with van der Waals surface area (Å²) in [6, 6.07) is 13.6. The Kier molecular flexibility index (Phi) is 6.63. The Balaban J connectivity index is 1.73. The summed E-state index contributed by atoms with van der Waals surface area (Å²) >= 11 is 0. The Hall–Kier alpha value is -3.46. The van der Waals surface area contributed by atoms with Crippen LogP contribution >= 0.6 is 0 Å². The maximum absolute atomic E-state index is 9.80. The minimum atomic E-state index is -0.476. The van der Waals surface area contributed by atoms with Crippen molar-refractivity contribution >= 4 is 0 Å². The van der Waals surface area contributed by atoms with Gasteiger partial charge in [-0.1, -0.05) is 12.1 Å². The smallest absolute Gasteiger partial charge is 0.160 e. The summed E-state index contributed by atoms with van der Waals surface area (Å²) in [5, 5.41) is 39.1. The highest BCUT2D eigenvalue weighted by molar-refractivity contribution is 5.45. The van der Waals surface area contributed by atoms with E-state index in [4.69, 9.17) is 9.47 Å². The molecule has 1 saturated heterocycles. The monoisotopic (exact) mass is 408 g/mol. The van der Waals surface area contributed by atoms with Crippen LogP contribution in [0.1, 0.15) is 23.2 Å². The van der Waals surface area contributed by atoms with Crippen LogP contribution in [-0.4, -0.2) is 60.4 Å². The lowest BCUT2D eigenvalue weighted by Crippen LogP contribution is -2.48. The zero-order valence-corrected chi connectivity index (χ0v) is 16.9. The maximum Gasteiger partial charge on any atom is 0.160 e. The lowest BCUT2D eigenvalue weighted by Gasteiger charge is -2.39. The number of ether oxygens (including phenoxy) is 2. The minimum Gasteiger partial charge on any atom is -0.504 e. The van der Waals surface area contributed by atoms with Crippen molar-refractivity contribution in [2.45, 2.75) is 12.1 Å². The molecule has 8 heteroatoms. The van der Waals surface area contributed by atoms with Gasteiger partial charge >= 0.3 is 0 Å². The molecule has 1 aliphatic rings. The molecule has 0 radical (unpaired) electrons. The molecule has 2 N–H and O–H groups in total. The fourth-order valence-electron chi connectivity index (χ4n) is 3.72. The first-order valence-corrected chi connectivity index (χ1v) is 9.53. The summed E-state index contributed by atoms with van der Waals surface area (Å²) in [6.07, 6.45) is 0. The van der Waals surface area contributed by atoms with E-state index in [2.05, 4.69) is 12.1 Å². The summed E-state index contributed by atoms with van der Waals surface area (Å²) < 4.78 is 10.3. The van der Waals surface area contributed by atoms with Gasteiger partial charge in [0.1, 0.15) is 12.1 Å². The van der Waals surface area contributed by atoms with Gasteiger partial charge in [0.25, 0.3) is 0 Å². The van der Waals surface area contributed by atoms with Crippen molar-refractivity contribution in [2.24, 2.45) is 0 Å². The van der Waals surface area contributed by atoms with E-state index in [-0.39, 0.29) is 11.5 Å². The normalized spacial score (nSPS) is 16.8. The van der Waals surface area contributed by atoms with Crippen LogP contribution in [0, 0.1) is 22.7 Å². The highest BCUT2D eigenvalue weighted by atomic mass is 16.5. The molecule has 156 valence electrons. The number of benzene rings is 2. The molecule has 0 amide bonds. The van der Waals surface area contributed by atoms with Gasteiger partial charge in [0.15, 0.2) is 23.0 Å². The fourth-order valence-corrected chi connectivity index (χ4v) is 3.72. The zero-order chi connectivity index (χ0) is 21.7. The van der Waals surface area contributed by atoms with E-state index >= 15 is 0 Å². The van der Waals surface area contributed by atoms with Gasteiger partial charge in [-0.3, -0.25) is 9.80 Å². The molecule has 0 saturated carbocycles. The topological polar surface area (TPSA) is 113 Å². The molecule has 1 heterocycles. The van der Waals surface area contributed by atoms with Gasteiger partial charge in [0.05, 0.1) is 26.4 Å². The molecule has 2 aromatic rings. The Morgan fingerprint density at radius 3 is 1.43 bits per heavy atom. The van der Waals surface area contributed by atoms with E-state index in [0.717, 1.165) is 11.1 Å². The Morgan fingerprint density at radius 2 is 1.13 bits per heavy atom. The molecule has 0 aromatic heterocycles. The number of piperazine rings is 1. The summed E-state index contributed by atoms with van der Waals surface area (Å²) in [6.45, 7) is 2.42. The number of rotatable bonds is 6. The van der Waals surface area contributed by atoms with Crippen molar-refractivity contribution in [3.8, 4) is 35.1 Å². The second-order valence-electron chi connectivity index (χ2n) is 7.00. The number of phenolic OH excluding ortho intramolecular Hbond substituents is 2. The van der Waals surface area contributed by atoms with Crippen molar-refractivity contribution in [3.63, 3.8) is 0 Å². The van der Waals surface area contributed by atoms with Crippen LogP contribution in [-0.2, 0) is 0 Å². The average molecular weight is 408 g/mol. The lowest BCUT2D eigenvalue weighted by atomic mass is 10.0. The molecule has 30 heavy (non-hydrogen) atoms. The third-order valence-electron chi connectivity index (χ3n) is 5.36. The number of nitriles is 2. The van der Waals surface area contributed by atoms with E-state index < -0.39 is 12.1 Å². The predicted molar refractivity (Wildman–Crippen MR) is 109 cm³/mol. The molecule has 0 bridgehead atoms. The van der Waals surface area contributed by atoms with Gasteiger partial charge in [0, 0.05) is 26.2 Å². The van der Waals surface area contributed by atoms with E-state index in [1.807, 2.05) is 9.80 Å². The van der Waals surface area contributed by atoms with E-state index in [1.165, 1.54) is 26.4 Å². The molecule has 3 rings (SSSR count). The van der Waals surface area contributed by atoms with Crippen molar-refractivity contribution in [1.29, 1.82) is 10.5 Å². The first kappa shape index (κ1) is 21.3. The lowest BCUT2D eigenvalue weighted by molar-refractivity contribution is 0.0977. The average Bonchev–Trinajstić information content (AvgIpc) is 2.77. The first-order chi connectivity index (χ1) is 14.5. The molecule has 2 atom stereocenters. The van der Waals surface area contributed by atoms with Crippen molar-refractivity contribution in [3.05, 3.63) is 47.5 Å². The SMILES string of the molecule is COc1cc([C@@H](C#N)N2CCN([C@H](C#N)c3ccc(O)c(OC)c3)CC2)ccc1O. The number of methoxy groups -OCH3 is 2. The molecular formula is C22H24N4O4. The molecular weight excluding hydrogens is 384 g/mol. The molecule has 1 aliphatic heterocycles. The quantitative estimate of drug-likeness (QED) is 0.750. The Morgan fingerprint density at radius 1 is 0.767 bits per heavy atom. The number of nitrogens with zero attached hydrogens (tertiary/aromatic N) is 4. The van der Waals surface area contributed by atoms with Gasteiger partial charge in [-0.15, -0.1) is 0 Å². The Bertz CT molecular complexity index is 895. The number of aromatic hydroxyl groups is 2. The zero-order valence-electron chi connectivity index (χ0n) is 16.9. The molecule has 2 aromatic carbocycles. The summed E-state index contributed by atoms with van der Waals surface area (Å²) in [4.78, 5) is 4.10. The van der Waals surface area contributed by atoms with E-state index in [0.29, 0.717) is 37.7 Å². The maximum atomic E-state index is 9.80. The second-order valence-corrected chi connectivity index (χ2v) is 7.00. The van der Waals surface area contributed by atoms with Crippen LogP contribution in [0.5, 0.6) is 23.0 Å². The highest BCUT2D eigenvalue weighted by Crippen LogP contribution is 2.33. The third-order valence-corrected chi connectivity index (χ3v) is 5.36. The largest absolute Gasteiger partial charge is 0.504 e. The number of hydrogen-bond donors (Lipinski definition) is 2. The second kappa shape index (κ2) is 9.36. The Labute approximate surface area is 175 Å². The van der Waals surface area contributed by atoms with Crippen molar-refractivity contribution in [1.82, 2.24) is 9.80 Å². The summed E-state index contributed by atoms with van der Waals surface area (Å²) in [5.41, 5.74) is 1.50. The van der Waals surface area contributed by atoms with Gasteiger partial charge in [0.2, 0.25) is 0 Å².